The Morgan fingerprint density at radius 1 is 1.33 bits per heavy atom. The second kappa shape index (κ2) is 5.37. The summed E-state index contributed by atoms with van der Waals surface area (Å²) in [5, 5.41) is 0. The van der Waals surface area contributed by atoms with Crippen LogP contribution in [0.5, 0.6) is 0 Å². The zero-order valence-electron chi connectivity index (χ0n) is 11.7. The van der Waals surface area contributed by atoms with Crippen LogP contribution in [0.3, 0.4) is 0 Å². The SMILES string of the molecule is CCOC(=O)c1cn2cc(-c3ccccc3Br)nc2n1C. The van der Waals surface area contributed by atoms with E-state index in [9.17, 15) is 4.79 Å². The van der Waals surface area contributed by atoms with Crippen molar-refractivity contribution in [2.45, 2.75) is 6.92 Å². The number of imidazole rings is 2. The van der Waals surface area contributed by atoms with E-state index < -0.39 is 0 Å². The van der Waals surface area contributed by atoms with Crippen LogP contribution < -0.4 is 0 Å². The standard InChI is InChI=1S/C15H14BrN3O2/c1-3-21-14(20)13-9-19-8-12(17-15(19)18(13)2)10-6-4-5-7-11(10)16/h4-9H,3H2,1-2H3. The van der Waals surface area contributed by atoms with Gasteiger partial charge in [-0.15, -0.1) is 0 Å². The lowest BCUT2D eigenvalue weighted by atomic mass is 10.2. The van der Waals surface area contributed by atoms with Gasteiger partial charge >= 0.3 is 5.97 Å². The summed E-state index contributed by atoms with van der Waals surface area (Å²) in [4.78, 5) is 16.4. The number of rotatable bonds is 3. The summed E-state index contributed by atoms with van der Waals surface area (Å²) in [7, 11) is 1.80. The highest BCUT2D eigenvalue weighted by Crippen LogP contribution is 2.27. The number of nitrogens with zero attached hydrogens (tertiary/aromatic N) is 3. The van der Waals surface area contributed by atoms with Crippen molar-refractivity contribution in [3.8, 4) is 11.3 Å². The minimum atomic E-state index is -0.340. The Morgan fingerprint density at radius 2 is 2.10 bits per heavy atom. The lowest BCUT2D eigenvalue weighted by Gasteiger charge is -2.02. The summed E-state index contributed by atoms with van der Waals surface area (Å²) in [5.74, 6) is 0.358. The van der Waals surface area contributed by atoms with Gasteiger partial charge in [0.2, 0.25) is 5.78 Å². The fourth-order valence-corrected chi connectivity index (χ4v) is 2.73. The van der Waals surface area contributed by atoms with Crippen molar-refractivity contribution in [3.05, 3.63) is 46.8 Å². The molecular weight excluding hydrogens is 334 g/mol. The molecule has 0 aliphatic carbocycles. The smallest absolute Gasteiger partial charge is 0.356 e. The van der Waals surface area contributed by atoms with Crippen molar-refractivity contribution in [1.82, 2.24) is 14.0 Å². The molecule has 0 aliphatic heterocycles. The first-order valence-corrected chi connectivity index (χ1v) is 7.37. The molecule has 6 heteroatoms. The van der Waals surface area contributed by atoms with E-state index in [4.69, 9.17) is 4.74 Å². The molecule has 0 fully saturated rings. The molecule has 1 aromatic carbocycles. The molecule has 3 rings (SSSR count). The Labute approximate surface area is 130 Å². The first-order chi connectivity index (χ1) is 10.1. The Balaban J connectivity index is 2.07. The maximum atomic E-state index is 11.9. The first kappa shape index (κ1) is 13.9. The number of halogens is 1. The quantitative estimate of drug-likeness (QED) is 0.683. The third-order valence-electron chi connectivity index (χ3n) is 3.27. The number of benzene rings is 1. The lowest BCUT2D eigenvalue weighted by molar-refractivity contribution is 0.0515. The third-order valence-corrected chi connectivity index (χ3v) is 3.96. The van der Waals surface area contributed by atoms with E-state index in [-0.39, 0.29) is 5.97 Å². The maximum Gasteiger partial charge on any atom is 0.356 e. The molecule has 0 saturated carbocycles. The van der Waals surface area contributed by atoms with Gasteiger partial charge < -0.3 is 9.30 Å². The van der Waals surface area contributed by atoms with E-state index in [1.54, 1.807) is 24.7 Å². The second-order valence-corrected chi connectivity index (χ2v) is 5.46. The van der Waals surface area contributed by atoms with Gasteiger partial charge in [0.25, 0.3) is 0 Å². The number of esters is 1. The van der Waals surface area contributed by atoms with Crippen LogP contribution in [0.1, 0.15) is 17.4 Å². The van der Waals surface area contributed by atoms with E-state index in [1.165, 1.54) is 0 Å². The number of aromatic nitrogens is 3. The van der Waals surface area contributed by atoms with Crippen LogP contribution >= 0.6 is 15.9 Å². The fourth-order valence-electron chi connectivity index (χ4n) is 2.25. The van der Waals surface area contributed by atoms with E-state index in [2.05, 4.69) is 20.9 Å². The topological polar surface area (TPSA) is 48.5 Å². The molecular formula is C15H14BrN3O2. The predicted octanol–water partition coefficient (Wildman–Crippen LogP) is 3.28. The van der Waals surface area contributed by atoms with Crippen molar-refractivity contribution >= 4 is 27.7 Å². The van der Waals surface area contributed by atoms with Crippen LogP contribution in [0.2, 0.25) is 0 Å². The minimum Gasteiger partial charge on any atom is -0.461 e. The molecule has 5 nitrogen and oxygen atoms in total. The van der Waals surface area contributed by atoms with Crippen molar-refractivity contribution < 1.29 is 9.53 Å². The van der Waals surface area contributed by atoms with Gasteiger partial charge in [0.05, 0.1) is 12.3 Å². The molecule has 21 heavy (non-hydrogen) atoms. The largest absolute Gasteiger partial charge is 0.461 e. The molecule has 0 bridgehead atoms. The van der Waals surface area contributed by atoms with Gasteiger partial charge in [-0.1, -0.05) is 34.1 Å². The summed E-state index contributed by atoms with van der Waals surface area (Å²) >= 11 is 3.53. The normalized spacial score (nSPS) is 11.0. The van der Waals surface area contributed by atoms with Crippen molar-refractivity contribution in [2.24, 2.45) is 7.05 Å². The zero-order valence-corrected chi connectivity index (χ0v) is 13.3. The molecule has 0 saturated heterocycles. The molecule has 3 aromatic rings. The first-order valence-electron chi connectivity index (χ1n) is 6.58. The maximum absolute atomic E-state index is 11.9. The number of carbonyl (C=O) groups is 1. The lowest BCUT2D eigenvalue weighted by Crippen LogP contribution is -2.09. The van der Waals surface area contributed by atoms with Crippen molar-refractivity contribution in [1.29, 1.82) is 0 Å². The molecule has 0 radical (unpaired) electrons. The van der Waals surface area contributed by atoms with Gasteiger partial charge in [-0.05, 0) is 13.0 Å². The highest BCUT2D eigenvalue weighted by Gasteiger charge is 2.17. The minimum absolute atomic E-state index is 0.340. The summed E-state index contributed by atoms with van der Waals surface area (Å²) in [6, 6.07) is 7.90. The molecule has 2 heterocycles. The molecule has 0 atom stereocenters. The summed E-state index contributed by atoms with van der Waals surface area (Å²) in [6.07, 6.45) is 3.64. The average Bonchev–Trinajstić information content (AvgIpc) is 3.00. The van der Waals surface area contributed by atoms with Crippen LogP contribution in [0, 0.1) is 0 Å². The monoisotopic (exact) mass is 347 g/mol. The van der Waals surface area contributed by atoms with Gasteiger partial charge in [-0.2, -0.15) is 0 Å². The van der Waals surface area contributed by atoms with Gasteiger partial charge in [0.15, 0.2) is 0 Å². The highest BCUT2D eigenvalue weighted by molar-refractivity contribution is 9.10. The van der Waals surface area contributed by atoms with Crippen LogP contribution in [-0.4, -0.2) is 26.5 Å². The van der Waals surface area contributed by atoms with Gasteiger partial charge in [-0.25, -0.2) is 9.78 Å². The predicted molar refractivity (Wildman–Crippen MR) is 83.3 cm³/mol. The van der Waals surface area contributed by atoms with Crippen LogP contribution in [0.25, 0.3) is 17.0 Å². The van der Waals surface area contributed by atoms with E-state index in [0.717, 1.165) is 15.7 Å². The summed E-state index contributed by atoms with van der Waals surface area (Å²) in [5.41, 5.74) is 2.35. The van der Waals surface area contributed by atoms with Crippen LogP contribution in [-0.2, 0) is 11.8 Å². The molecule has 2 aromatic heterocycles. The van der Waals surface area contributed by atoms with Crippen LogP contribution in [0.15, 0.2) is 41.1 Å². The number of hydrogen-bond acceptors (Lipinski definition) is 3. The number of hydrogen-bond donors (Lipinski definition) is 0. The highest BCUT2D eigenvalue weighted by atomic mass is 79.9. The zero-order chi connectivity index (χ0) is 15.0. The molecule has 0 N–H and O–H groups in total. The number of ether oxygens (including phenoxy) is 1. The molecule has 0 amide bonds. The molecule has 0 aliphatic rings. The summed E-state index contributed by atoms with van der Waals surface area (Å²) in [6.45, 7) is 2.14. The summed E-state index contributed by atoms with van der Waals surface area (Å²) < 4.78 is 9.59. The number of carbonyl (C=O) groups excluding carboxylic acids is 1. The van der Waals surface area contributed by atoms with Crippen molar-refractivity contribution in [2.75, 3.05) is 6.61 Å². The number of fused-ring (bicyclic) bond motifs is 1. The second-order valence-electron chi connectivity index (χ2n) is 4.61. The Hall–Kier alpha value is -2.08. The average molecular weight is 348 g/mol. The van der Waals surface area contributed by atoms with Gasteiger partial charge in [-0.3, -0.25) is 4.40 Å². The van der Waals surface area contributed by atoms with Crippen LogP contribution in [0.4, 0.5) is 0 Å². The Kier molecular flexibility index (Phi) is 3.55. The fraction of sp³-hybridized carbons (Fsp3) is 0.200. The van der Waals surface area contributed by atoms with E-state index >= 15 is 0 Å². The van der Waals surface area contributed by atoms with Gasteiger partial charge in [0, 0.05) is 29.5 Å². The molecule has 0 spiro atoms. The van der Waals surface area contributed by atoms with Crippen molar-refractivity contribution in [3.63, 3.8) is 0 Å². The van der Waals surface area contributed by atoms with E-state index in [1.807, 2.05) is 34.9 Å². The third kappa shape index (κ3) is 2.35. The molecule has 108 valence electrons. The van der Waals surface area contributed by atoms with Gasteiger partial charge in [0.1, 0.15) is 5.69 Å². The number of aryl methyl sites for hydroxylation is 1. The molecule has 0 unspecified atom stereocenters. The van der Waals surface area contributed by atoms with E-state index in [0.29, 0.717) is 18.1 Å². The Morgan fingerprint density at radius 3 is 2.76 bits per heavy atom. The Bertz CT molecular complexity index is 820.